The normalized spacial score (nSPS) is 11.0. The van der Waals surface area contributed by atoms with Gasteiger partial charge in [0.2, 0.25) is 17.6 Å². The van der Waals surface area contributed by atoms with Gasteiger partial charge in [0.1, 0.15) is 17.3 Å². The summed E-state index contributed by atoms with van der Waals surface area (Å²) in [7, 11) is 0. The van der Waals surface area contributed by atoms with Crippen LogP contribution in [0, 0.1) is 5.82 Å². The number of nitrogens with one attached hydrogen (secondary N) is 2. The van der Waals surface area contributed by atoms with Gasteiger partial charge in [-0.15, -0.1) is 0 Å². The van der Waals surface area contributed by atoms with Crippen molar-refractivity contribution in [2.45, 2.75) is 12.8 Å². The number of pyridine rings is 1. The molecular formula is C23H17FN6O2. The van der Waals surface area contributed by atoms with Crippen LogP contribution in [-0.4, -0.2) is 31.0 Å². The van der Waals surface area contributed by atoms with Crippen molar-refractivity contribution in [1.29, 1.82) is 0 Å². The molecule has 158 valence electrons. The molecule has 0 radical (unpaired) electrons. The summed E-state index contributed by atoms with van der Waals surface area (Å²) in [6, 6.07) is 17.0. The molecule has 0 atom stereocenters. The number of hydrogen-bond donors (Lipinski definition) is 2. The van der Waals surface area contributed by atoms with Crippen molar-refractivity contribution in [3.05, 3.63) is 78.6 Å². The lowest BCUT2D eigenvalue weighted by Crippen LogP contribution is -2.12. The van der Waals surface area contributed by atoms with Crippen molar-refractivity contribution < 1.29 is 13.7 Å². The SMILES string of the molecule is O=C(CCc1nc(-c2ccccn2)no1)Nc1ccc2nc(-c3cccc(F)c3)[nH]c2c1. The quantitative estimate of drug-likeness (QED) is 0.415. The van der Waals surface area contributed by atoms with Crippen molar-refractivity contribution in [3.8, 4) is 22.9 Å². The summed E-state index contributed by atoms with van der Waals surface area (Å²) in [6.45, 7) is 0. The van der Waals surface area contributed by atoms with E-state index < -0.39 is 0 Å². The Morgan fingerprint density at radius 3 is 2.84 bits per heavy atom. The predicted molar refractivity (Wildman–Crippen MR) is 116 cm³/mol. The van der Waals surface area contributed by atoms with Gasteiger partial charge in [-0.3, -0.25) is 9.78 Å². The van der Waals surface area contributed by atoms with Crippen molar-refractivity contribution >= 4 is 22.6 Å². The average Bonchev–Trinajstić information content (AvgIpc) is 3.45. The molecule has 5 rings (SSSR count). The molecular weight excluding hydrogens is 411 g/mol. The lowest BCUT2D eigenvalue weighted by atomic mass is 10.2. The third kappa shape index (κ3) is 4.22. The highest BCUT2D eigenvalue weighted by Crippen LogP contribution is 2.23. The predicted octanol–water partition coefficient (Wildman–Crippen LogP) is 4.39. The maximum Gasteiger partial charge on any atom is 0.227 e. The number of halogens is 1. The standard InChI is InChI=1S/C23H17FN6O2/c24-15-5-3-4-14(12-15)22-27-17-8-7-16(13-19(17)28-22)26-20(31)9-10-21-29-23(30-32-21)18-6-1-2-11-25-18/h1-8,11-13H,9-10H2,(H,26,31)(H,27,28). The zero-order valence-corrected chi connectivity index (χ0v) is 16.7. The monoisotopic (exact) mass is 428 g/mol. The van der Waals surface area contributed by atoms with E-state index in [1.54, 1.807) is 48.7 Å². The van der Waals surface area contributed by atoms with E-state index in [9.17, 15) is 9.18 Å². The molecule has 1 amide bonds. The third-order valence-corrected chi connectivity index (χ3v) is 4.79. The first kappa shape index (κ1) is 19.6. The van der Waals surface area contributed by atoms with Gasteiger partial charge >= 0.3 is 0 Å². The smallest absolute Gasteiger partial charge is 0.227 e. The van der Waals surface area contributed by atoms with Crippen LogP contribution in [0.1, 0.15) is 12.3 Å². The van der Waals surface area contributed by atoms with Gasteiger partial charge in [0.25, 0.3) is 0 Å². The number of amides is 1. The van der Waals surface area contributed by atoms with Gasteiger partial charge in [-0.25, -0.2) is 9.37 Å². The van der Waals surface area contributed by atoms with E-state index in [1.165, 1.54) is 12.1 Å². The minimum absolute atomic E-state index is 0.180. The second kappa shape index (κ2) is 8.38. The van der Waals surface area contributed by atoms with E-state index in [0.717, 1.165) is 11.0 Å². The van der Waals surface area contributed by atoms with Gasteiger partial charge in [0.05, 0.1) is 11.0 Å². The highest BCUT2D eigenvalue weighted by Gasteiger charge is 2.12. The molecule has 32 heavy (non-hydrogen) atoms. The fourth-order valence-corrected chi connectivity index (χ4v) is 3.26. The molecule has 0 aliphatic rings. The fraction of sp³-hybridized carbons (Fsp3) is 0.0870. The Labute approximate surface area is 181 Å². The number of carbonyl (C=O) groups excluding carboxylic acids is 1. The summed E-state index contributed by atoms with van der Waals surface area (Å²) in [5.74, 6) is 0.795. The number of aromatic amines is 1. The molecule has 2 aromatic carbocycles. The van der Waals surface area contributed by atoms with Crippen LogP contribution >= 0.6 is 0 Å². The lowest BCUT2D eigenvalue weighted by Gasteiger charge is -2.03. The van der Waals surface area contributed by atoms with E-state index in [2.05, 4.69) is 30.4 Å². The summed E-state index contributed by atoms with van der Waals surface area (Å²) >= 11 is 0. The number of aromatic nitrogens is 5. The first-order valence-electron chi connectivity index (χ1n) is 9.93. The largest absolute Gasteiger partial charge is 0.339 e. The maximum absolute atomic E-state index is 13.5. The number of benzene rings is 2. The van der Waals surface area contributed by atoms with Gasteiger partial charge in [0.15, 0.2) is 0 Å². The summed E-state index contributed by atoms with van der Waals surface area (Å²) in [5, 5.41) is 6.75. The summed E-state index contributed by atoms with van der Waals surface area (Å²) < 4.78 is 18.7. The minimum atomic E-state index is -0.329. The van der Waals surface area contributed by atoms with Gasteiger partial charge in [-0.1, -0.05) is 23.4 Å². The Balaban J connectivity index is 1.23. The van der Waals surface area contributed by atoms with Crippen LogP contribution in [0.15, 0.2) is 71.4 Å². The van der Waals surface area contributed by atoms with Crippen LogP contribution in [0.3, 0.4) is 0 Å². The highest BCUT2D eigenvalue weighted by molar-refractivity contribution is 5.93. The number of aryl methyl sites for hydroxylation is 1. The number of rotatable bonds is 6. The maximum atomic E-state index is 13.5. The summed E-state index contributed by atoms with van der Waals surface area (Å²) in [6.07, 6.45) is 2.14. The number of nitrogens with zero attached hydrogens (tertiary/aromatic N) is 4. The number of H-pyrrole nitrogens is 1. The summed E-state index contributed by atoms with van der Waals surface area (Å²) in [5.41, 5.74) is 3.33. The molecule has 9 heteroatoms. The molecule has 0 spiro atoms. The fourth-order valence-electron chi connectivity index (χ4n) is 3.26. The van der Waals surface area contributed by atoms with Gasteiger partial charge in [0, 0.05) is 30.3 Å². The Morgan fingerprint density at radius 1 is 1.06 bits per heavy atom. The molecule has 0 aliphatic carbocycles. The molecule has 0 saturated heterocycles. The second-order valence-corrected chi connectivity index (χ2v) is 7.10. The van der Waals surface area contributed by atoms with Crippen molar-refractivity contribution in [2.24, 2.45) is 0 Å². The van der Waals surface area contributed by atoms with Crippen LogP contribution in [0.5, 0.6) is 0 Å². The molecule has 2 N–H and O–H groups in total. The summed E-state index contributed by atoms with van der Waals surface area (Å²) in [4.78, 5) is 28.5. The Kier molecular flexibility index (Phi) is 5.12. The van der Waals surface area contributed by atoms with Crippen molar-refractivity contribution in [3.63, 3.8) is 0 Å². The molecule has 5 aromatic rings. The van der Waals surface area contributed by atoms with Crippen LogP contribution in [0.4, 0.5) is 10.1 Å². The molecule has 0 saturated carbocycles. The molecule has 0 unspecified atom stereocenters. The first-order chi connectivity index (χ1) is 15.6. The second-order valence-electron chi connectivity index (χ2n) is 7.10. The number of hydrogen-bond acceptors (Lipinski definition) is 6. The average molecular weight is 428 g/mol. The zero-order valence-electron chi connectivity index (χ0n) is 16.7. The van der Waals surface area contributed by atoms with Crippen LogP contribution < -0.4 is 5.32 Å². The van der Waals surface area contributed by atoms with E-state index in [-0.39, 0.29) is 18.1 Å². The van der Waals surface area contributed by atoms with Crippen molar-refractivity contribution in [1.82, 2.24) is 25.1 Å². The Bertz CT molecular complexity index is 1400. The van der Waals surface area contributed by atoms with Crippen molar-refractivity contribution in [2.75, 3.05) is 5.32 Å². The minimum Gasteiger partial charge on any atom is -0.339 e. The zero-order chi connectivity index (χ0) is 21.9. The number of fused-ring (bicyclic) bond motifs is 1. The number of imidazole rings is 1. The van der Waals surface area contributed by atoms with Crippen LogP contribution in [0.2, 0.25) is 0 Å². The van der Waals surface area contributed by atoms with Gasteiger partial charge < -0.3 is 14.8 Å². The van der Waals surface area contributed by atoms with Gasteiger partial charge in [-0.05, 0) is 42.5 Å². The van der Waals surface area contributed by atoms with E-state index in [4.69, 9.17) is 4.52 Å². The van der Waals surface area contributed by atoms with E-state index >= 15 is 0 Å². The molecule has 3 heterocycles. The molecule has 0 bridgehead atoms. The molecule has 8 nitrogen and oxygen atoms in total. The Morgan fingerprint density at radius 2 is 2.00 bits per heavy atom. The van der Waals surface area contributed by atoms with Crippen LogP contribution in [-0.2, 0) is 11.2 Å². The lowest BCUT2D eigenvalue weighted by molar-refractivity contribution is -0.116. The topological polar surface area (TPSA) is 110 Å². The van der Waals surface area contributed by atoms with E-state index in [0.29, 0.717) is 40.9 Å². The molecule has 0 fully saturated rings. The third-order valence-electron chi connectivity index (χ3n) is 4.79. The van der Waals surface area contributed by atoms with Crippen LogP contribution in [0.25, 0.3) is 33.9 Å². The number of carbonyl (C=O) groups is 1. The Hall–Kier alpha value is -4.40. The number of anilines is 1. The highest BCUT2D eigenvalue weighted by atomic mass is 19.1. The molecule has 0 aliphatic heterocycles. The van der Waals surface area contributed by atoms with Gasteiger partial charge in [-0.2, -0.15) is 4.98 Å². The molecule has 3 aromatic heterocycles. The van der Waals surface area contributed by atoms with E-state index in [1.807, 2.05) is 6.07 Å². The first-order valence-corrected chi connectivity index (χ1v) is 9.93.